The summed E-state index contributed by atoms with van der Waals surface area (Å²) in [5, 5.41) is 0. The van der Waals surface area contributed by atoms with Crippen LogP contribution in [0, 0.1) is 0 Å². The minimum absolute atomic E-state index is 0.127. The monoisotopic (exact) mass is 148 g/mol. The third-order valence-corrected chi connectivity index (χ3v) is 3.19. The van der Waals surface area contributed by atoms with E-state index in [0.717, 1.165) is 6.42 Å². The van der Waals surface area contributed by atoms with Crippen LogP contribution in [-0.2, 0) is 9.47 Å². The second kappa shape index (κ2) is 1.21. The molecule has 0 amide bonds. The molecule has 2 heterocycles. The number of fused-ring (bicyclic) bond motifs is 3. The topological polar surface area (TPSA) is 25.1 Å². The van der Waals surface area contributed by atoms with Gasteiger partial charge in [-0.15, -0.1) is 0 Å². The Morgan fingerprint density at radius 3 is 3.45 bits per heavy atom. The molecule has 56 valence electrons. The number of hydrogen-bond acceptors (Lipinski definition) is 2. The number of ether oxygens (including phenoxy) is 2. The van der Waals surface area contributed by atoms with Crippen LogP contribution in [0.1, 0.15) is 6.42 Å². The Labute approximate surface area is 64.5 Å². The first-order valence-corrected chi connectivity index (χ1v) is 4.12. The summed E-state index contributed by atoms with van der Waals surface area (Å²) in [7, 11) is 0. The van der Waals surface area contributed by atoms with Gasteiger partial charge < -0.3 is 9.47 Å². The first-order chi connectivity index (χ1) is 5.42. The molecule has 2 aliphatic carbocycles. The van der Waals surface area contributed by atoms with Crippen LogP contribution in [0.2, 0.25) is 0 Å². The van der Waals surface area contributed by atoms with E-state index in [1.165, 1.54) is 5.57 Å². The third kappa shape index (κ3) is 0.388. The van der Waals surface area contributed by atoms with Gasteiger partial charge in [-0.2, -0.15) is 0 Å². The average Bonchev–Trinajstić information content (AvgIpc) is 2.89. The van der Waals surface area contributed by atoms with Gasteiger partial charge >= 0.3 is 0 Å². The Bertz CT molecular complexity index is 305. The molecular formula is C9H8O2. The van der Waals surface area contributed by atoms with Crippen LogP contribution >= 0.6 is 0 Å². The van der Waals surface area contributed by atoms with Crippen LogP contribution < -0.4 is 0 Å². The van der Waals surface area contributed by atoms with E-state index in [1.54, 1.807) is 0 Å². The fourth-order valence-corrected chi connectivity index (χ4v) is 2.54. The Hall–Kier alpha value is -0.600. The van der Waals surface area contributed by atoms with Gasteiger partial charge in [0.15, 0.2) is 0 Å². The van der Waals surface area contributed by atoms with E-state index in [4.69, 9.17) is 9.47 Å². The molecule has 2 saturated heterocycles. The average molecular weight is 148 g/mol. The third-order valence-electron chi connectivity index (χ3n) is 3.19. The number of allylic oxidation sites excluding steroid dienone is 2. The molecule has 4 rings (SSSR count). The van der Waals surface area contributed by atoms with Crippen molar-refractivity contribution < 1.29 is 9.47 Å². The van der Waals surface area contributed by atoms with E-state index in [0.29, 0.717) is 18.3 Å². The molecule has 0 N–H and O–H groups in total. The molecule has 4 aliphatic rings. The lowest BCUT2D eigenvalue weighted by molar-refractivity contribution is 0.302. The van der Waals surface area contributed by atoms with Crippen molar-refractivity contribution in [3.8, 4) is 0 Å². The minimum atomic E-state index is 0.127. The fourth-order valence-electron chi connectivity index (χ4n) is 2.54. The predicted molar refractivity (Wildman–Crippen MR) is 38.1 cm³/mol. The molecule has 2 aliphatic heterocycles. The lowest BCUT2D eigenvalue weighted by Gasteiger charge is -2.13. The Kier molecular flexibility index (Phi) is 0.564. The minimum Gasteiger partial charge on any atom is -0.362 e. The summed E-state index contributed by atoms with van der Waals surface area (Å²) in [6.07, 6.45) is 8.79. The van der Waals surface area contributed by atoms with Crippen LogP contribution in [-0.4, -0.2) is 23.9 Å². The summed E-state index contributed by atoms with van der Waals surface area (Å²) in [5.41, 5.74) is 1.53. The maximum absolute atomic E-state index is 5.65. The highest BCUT2D eigenvalue weighted by Crippen LogP contribution is 2.64. The highest BCUT2D eigenvalue weighted by molar-refractivity contribution is 5.49. The van der Waals surface area contributed by atoms with Gasteiger partial charge in [0.05, 0.1) is 0 Å². The smallest absolute Gasteiger partial charge is 0.125 e. The predicted octanol–water partition coefficient (Wildman–Crippen LogP) is 0.791. The largest absolute Gasteiger partial charge is 0.362 e. The molecule has 3 fully saturated rings. The normalized spacial score (nSPS) is 61.1. The second-order valence-electron chi connectivity index (χ2n) is 3.70. The zero-order chi connectivity index (χ0) is 7.05. The SMILES string of the molecule is C1=CCC23OC2C2OC2C3=C1. The Morgan fingerprint density at radius 2 is 2.55 bits per heavy atom. The maximum atomic E-state index is 5.65. The second-order valence-corrected chi connectivity index (χ2v) is 3.70. The van der Waals surface area contributed by atoms with Crippen molar-refractivity contribution in [3.05, 3.63) is 23.8 Å². The van der Waals surface area contributed by atoms with Crippen molar-refractivity contribution in [1.82, 2.24) is 0 Å². The van der Waals surface area contributed by atoms with Gasteiger partial charge in [-0.25, -0.2) is 0 Å². The van der Waals surface area contributed by atoms with Crippen molar-refractivity contribution in [1.29, 1.82) is 0 Å². The quantitative estimate of drug-likeness (QED) is 0.474. The van der Waals surface area contributed by atoms with Crippen molar-refractivity contribution in [2.75, 3.05) is 0 Å². The molecule has 4 atom stereocenters. The standard InChI is InChI=1S/C9H8O2/c1-2-4-9-5(3-1)6-7(10-6)8(9)11-9/h1-3,6-8H,4H2. The van der Waals surface area contributed by atoms with Gasteiger partial charge in [0.25, 0.3) is 0 Å². The van der Waals surface area contributed by atoms with Gasteiger partial charge in [-0.1, -0.05) is 18.2 Å². The van der Waals surface area contributed by atoms with E-state index in [-0.39, 0.29) is 5.60 Å². The van der Waals surface area contributed by atoms with Crippen LogP contribution in [0.25, 0.3) is 0 Å². The van der Waals surface area contributed by atoms with Gasteiger partial charge in [0.1, 0.15) is 23.9 Å². The summed E-state index contributed by atoms with van der Waals surface area (Å²) >= 11 is 0. The summed E-state index contributed by atoms with van der Waals surface area (Å²) in [6, 6.07) is 0. The Morgan fingerprint density at radius 1 is 1.55 bits per heavy atom. The van der Waals surface area contributed by atoms with Gasteiger partial charge in [0, 0.05) is 6.42 Å². The molecule has 11 heavy (non-hydrogen) atoms. The molecule has 0 radical (unpaired) electrons. The molecule has 1 saturated carbocycles. The van der Waals surface area contributed by atoms with E-state index in [1.807, 2.05) is 0 Å². The molecule has 0 aromatic heterocycles. The van der Waals surface area contributed by atoms with Crippen molar-refractivity contribution in [2.45, 2.75) is 30.3 Å². The first kappa shape index (κ1) is 5.12. The maximum Gasteiger partial charge on any atom is 0.125 e. The van der Waals surface area contributed by atoms with Gasteiger partial charge in [-0.3, -0.25) is 0 Å². The number of hydrogen-bond donors (Lipinski definition) is 0. The van der Waals surface area contributed by atoms with Gasteiger partial charge in [0.2, 0.25) is 0 Å². The molecule has 2 heteroatoms. The van der Waals surface area contributed by atoms with Crippen molar-refractivity contribution >= 4 is 0 Å². The van der Waals surface area contributed by atoms with E-state index in [9.17, 15) is 0 Å². The Balaban J connectivity index is 1.94. The van der Waals surface area contributed by atoms with Crippen molar-refractivity contribution in [2.24, 2.45) is 0 Å². The molecular weight excluding hydrogens is 140 g/mol. The van der Waals surface area contributed by atoms with Crippen LogP contribution in [0.15, 0.2) is 23.8 Å². The highest BCUT2D eigenvalue weighted by atomic mass is 16.7. The molecule has 0 aromatic rings. The lowest BCUT2D eigenvalue weighted by atomic mass is 9.93. The molecule has 0 bridgehead atoms. The highest BCUT2D eigenvalue weighted by Gasteiger charge is 2.78. The molecule has 4 unspecified atom stereocenters. The summed E-state index contributed by atoms with van der Waals surface area (Å²) in [4.78, 5) is 0. The van der Waals surface area contributed by atoms with Crippen LogP contribution in [0.3, 0.4) is 0 Å². The summed E-state index contributed by atoms with van der Waals surface area (Å²) in [6.45, 7) is 0. The van der Waals surface area contributed by atoms with Gasteiger partial charge in [-0.05, 0) is 5.57 Å². The zero-order valence-corrected chi connectivity index (χ0v) is 5.99. The fraction of sp³-hybridized carbons (Fsp3) is 0.556. The molecule has 0 aromatic carbocycles. The van der Waals surface area contributed by atoms with Crippen molar-refractivity contribution in [3.63, 3.8) is 0 Å². The van der Waals surface area contributed by atoms with Crippen LogP contribution in [0.5, 0.6) is 0 Å². The first-order valence-electron chi connectivity index (χ1n) is 4.12. The molecule has 1 spiro atoms. The van der Waals surface area contributed by atoms with Crippen LogP contribution in [0.4, 0.5) is 0 Å². The number of rotatable bonds is 0. The van der Waals surface area contributed by atoms with E-state index in [2.05, 4.69) is 18.2 Å². The summed E-state index contributed by atoms with van der Waals surface area (Å²) < 4.78 is 11.1. The number of epoxide rings is 2. The van der Waals surface area contributed by atoms with E-state index < -0.39 is 0 Å². The summed E-state index contributed by atoms with van der Waals surface area (Å²) in [5.74, 6) is 0. The zero-order valence-electron chi connectivity index (χ0n) is 5.99. The van der Waals surface area contributed by atoms with E-state index >= 15 is 0 Å². The lowest BCUT2D eigenvalue weighted by Crippen LogP contribution is -2.18. The molecule has 2 nitrogen and oxygen atoms in total.